The van der Waals surface area contributed by atoms with E-state index in [1.165, 1.54) is 22.5 Å². The molecule has 1 aliphatic rings. The molecule has 0 spiro atoms. The van der Waals surface area contributed by atoms with Gasteiger partial charge in [0.05, 0.1) is 16.7 Å². The van der Waals surface area contributed by atoms with Gasteiger partial charge in [-0.25, -0.2) is 8.42 Å². The maximum atomic E-state index is 12.9. The van der Waals surface area contributed by atoms with Crippen LogP contribution in [-0.2, 0) is 10.0 Å². The van der Waals surface area contributed by atoms with E-state index in [9.17, 15) is 8.42 Å². The molecule has 114 valence electrons. The van der Waals surface area contributed by atoms with Crippen molar-refractivity contribution >= 4 is 21.6 Å². The molecule has 1 saturated heterocycles. The molecule has 2 rings (SSSR count). The first-order valence-electron chi connectivity index (χ1n) is 6.93. The number of hydrogen-bond donors (Lipinski definition) is 1. The summed E-state index contributed by atoms with van der Waals surface area (Å²) in [6.45, 7) is 3.85. The van der Waals surface area contributed by atoms with E-state index in [0.29, 0.717) is 18.7 Å². The molecule has 1 heterocycles. The first-order chi connectivity index (χ1) is 10.0. The summed E-state index contributed by atoms with van der Waals surface area (Å²) in [7, 11) is -3.70. The van der Waals surface area contributed by atoms with E-state index in [2.05, 4.69) is 5.32 Å². The second kappa shape index (κ2) is 6.75. The Morgan fingerprint density at radius 1 is 1.52 bits per heavy atom. The standard InChI is InChI=1S/C14H18ClN3O2S/c1-2-7-18(12-5-6-17-10-12)21(19,20)14-8-11(9-16)3-4-13(14)15/h3-4,8,12,17H,2,5-7,10H2,1H3. The van der Waals surface area contributed by atoms with Crippen LogP contribution in [0.4, 0.5) is 0 Å². The third-order valence-corrected chi connectivity index (χ3v) is 5.97. The second-order valence-electron chi connectivity index (χ2n) is 5.02. The number of halogens is 1. The first kappa shape index (κ1) is 16.2. The fourth-order valence-electron chi connectivity index (χ4n) is 2.50. The lowest BCUT2D eigenvalue weighted by Gasteiger charge is -2.27. The van der Waals surface area contributed by atoms with E-state index < -0.39 is 10.0 Å². The monoisotopic (exact) mass is 327 g/mol. The van der Waals surface area contributed by atoms with Crippen molar-refractivity contribution in [3.8, 4) is 6.07 Å². The first-order valence-corrected chi connectivity index (χ1v) is 8.74. The van der Waals surface area contributed by atoms with Crippen LogP contribution in [0.1, 0.15) is 25.3 Å². The number of nitriles is 1. The van der Waals surface area contributed by atoms with E-state index in [4.69, 9.17) is 16.9 Å². The van der Waals surface area contributed by atoms with Crippen molar-refractivity contribution in [3.63, 3.8) is 0 Å². The topological polar surface area (TPSA) is 73.2 Å². The molecule has 0 aromatic heterocycles. The molecular formula is C14H18ClN3O2S. The van der Waals surface area contributed by atoms with Gasteiger partial charge in [0.15, 0.2) is 0 Å². The Balaban J connectivity index is 2.45. The van der Waals surface area contributed by atoms with Crippen molar-refractivity contribution in [1.29, 1.82) is 5.26 Å². The van der Waals surface area contributed by atoms with Gasteiger partial charge in [-0.3, -0.25) is 0 Å². The number of benzene rings is 1. The fourth-order valence-corrected chi connectivity index (χ4v) is 4.75. The average molecular weight is 328 g/mol. The molecule has 0 bridgehead atoms. The maximum absolute atomic E-state index is 12.9. The van der Waals surface area contributed by atoms with Crippen molar-refractivity contribution in [2.24, 2.45) is 0 Å². The maximum Gasteiger partial charge on any atom is 0.244 e. The Morgan fingerprint density at radius 2 is 2.29 bits per heavy atom. The lowest BCUT2D eigenvalue weighted by molar-refractivity contribution is 0.335. The van der Waals surface area contributed by atoms with Gasteiger partial charge in [-0.2, -0.15) is 9.57 Å². The zero-order valence-electron chi connectivity index (χ0n) is 11.8. The summed E-state index contributed by atoms with van der Waals surface area (Å²) in [6, 6.07) is 6.22. The quantitative estimate of drug-likeness (QED) is 0.897. The van der Waals surface area contributed by atoms with Crippen LogP contribution < -0.4 is 5.32 Å². The van der Waals surface area contributed by atoms with Gasteiger partial charge in [0, 0.05) is 19.1 Å². The molecule has 5 nitrogen and oxygen atoms in total. The summed E-state index contributed by atoms with van der Waals surface area (Å²) in [5, 5.41) is 12.3. The molecule has 1 atom stereocenters. The van der Waals surface area contributed by atoms with E-state index in [0.717, 1.165) is 19.4 Å². The third kappa shape index (κ3) is 3.38. The SMILES string of the molecule is CCCN(C1CCNC1)S(=O)(=O)c1cc(C#N)ccc1Cl. The smallest absolute Gasteiger partial charge is 0.244 e. The van der Waals surface area contributed by atoms with Gasteiger partial charge in [0.1, 0.15) is 4.90 Å². The molecule has 0 amide bonds. The van der Waals surface area contributed by atoms with Crippen LogP contribution >= 0.6 is 11.6 Å². The Bertz CT molecular complexity index is 649. The second-order valence-corrected chi connectivity index (χ2v) is 7.29. The molecule has 0 aliphatic carbocycles. The minimum Gasteiger partial charge on any atom is -0.315 e. The number of nitrogens with one attached hydrogen (secondary N) is 1. The minimum atomic E-state index is -3.70. The van der Waals surface area contributed by atoms with Crippen LogP contribution in [-0.4, -0.2) is 38.4 Å². The van der Waals surface area contributed by atoms with Crippen LogP contribution in [0.15, 0.2) is 23.1 Å². The van der Waals surface area contributed by atoms with E-state index in [1.54, 1.807) is 0 Å². The molecule has 1 aromatic rings. The molecule has 1 N–H and O–H groups in total. The largest absolute Gasteiger partial charge is 0.315 e. The van der Waals surface area contributed by atoms with Crippen LogP contribution in [0.2, 0.25) is 5.02 Å². The van der Waals surface area contributed by atoms with Gasteiger partial charge in [-0.05, 0) is 37.6 Å². The molecule has 7 heteroatoms. The van der Waals surface area contributed by atoms with E-state index in [-0.39, 0.29) is 16.0 Å². The molecule has 1 unspecified atom stereocenters. The van der Waals surface area contributed by atoms with Gasteiger partial charge in [-0.1, -0.05) is 18.5 Å². The molecule has 1 aliphatic heterocycles. The number of nitrogens with zero attached hydrogens (tertiary/aromatic N) is 2. The van der Waals surface area contributed by atoms with Crippen LogP contribution in [0.3, 0.4) is 0 Å². The third-order valence-electron chi connectivity index (χ3n) is 3.53. The zero-order valence-corrected chi connectivity index (χ0v) is 13.4. The predicted octanol–water partition coefficient (Wildman–Crippen LogP) is 1.97. The highest BCUT2D eigenvalue weighted by atomic mass is 35.5. The van der Waals surface area contributed by atoms with Crippen molar-refractivity contribution in [3.05, 3.63) is 28.8 Å². The number of hydrogen-bond acceptors (Lipinski definition) is 4. The summed E-state index contributed by atoms with van der Waals surface area (Å²) in [4.78, 5) is 0.0172. The zero-order chi connectivity index (χ0) is 15.5. The van der Waals surface area contributed by atoms with Crippen molar-refractivity contribution in [2.45, 2.75) is 30.7 Å². The molecule has 21 heavy (non-hydrogen) atoms. The molecular weight excluding hydrogens is 310 g/mol. The molecule has 0 saturated carbocycles. The van der Waals surface area contributed by atoms with Crippen LogP contribution in [0.25, 0.3) is 0 Å². The van der Waals surface area contributed by atoms with Gasteiger partial charge >= 0.3 is 0 Å². The predicted molar refractivity (Wildman–Crippen MR) is 81.6 cm³/mol. The van der Waals surface area contributed by atoms with Gasteiger partial charge in [0.2, 0.25) is 10.0 Å². The fraction of sp³-hybridized carbons (Fsp3) is 0.500. The van der Waals surface area contributed by atoms with Crippen LogP contribution in [0, 0.1) is 11.3 Å². The summed E-state index contributed by atoms with van der Waals surface area (Å²) in [5.41, 5.74) is 0.291. The Hall–Kier alpha value is -1.13. The molecule has 0 radical (unpaired) electrons. The summed E-state index contributed by atoms with van der Waals surface area (Å²) < 4.78 is 27.3. The molecule has 1 aromatic carbocycles. The number of sulfonamides is 1. The lowest BCUT2D eigenvalue weighted by atomic mass is 10.2. The minimum absolute atomic E-state index is 0.0172. The van der Waals surface area contributed by atoms with Gasteiger partial charge in [-0.15, -0.1) is 0 Å². The normalized spacial score (nSPS) is 18.9. The Morgan fingerprint density at radius 3 is 2.86 bits per heavy atom. The summed E-state index contributed by atoms with van der Waals surface area (Å²) in [6.07, 6.45) is 1.51. The van der Waals surface area contributed by atoms with Crippen molar-refractivity contribution < 1.29 is 8.42 Å². The highest BCUT2D eigenvalue weighted by molar-refractivity contribution is 7.89. The van der Waals surface area contributed by atoms with Crippen LogP contribution in [0.5, 0.6) is 0 Å². The molecule has 1 fully saturated rings. The van der Waals surface area contributed by atoms with Crippen molar-refractivity contribution in [2.75, 3.05) is 19.6 Å². The average Bonchev–Trinajstić information content (AvgIpc) is 2.98. The number of rotatable bonds is 5. The summed E-state index contributed by atoms with van der Waals surface area (Å²) >= 11 is 6.06. The van der Waals surface area contributed by atoms with Crippen molar-refractivity contribution in [1.82, 2.24) is 9.62 Å². The van der Waals surface area contributed by atoms with Gasteiger partial charge < -0.3 is 5.32 Å². The summed E-state index contributed by atoms with van der Waals surface area (Å²) in [5.74, 6) is 0. The Labute approximate surface area is 130 Å². The lowest BCUT2D eigenvalue weighted by Crippen LogP contribution is -2.42. The Kier molecular flexibility index (Phi) is 5.22. The van der Waals surface area contributed by atoms with E-state index >= 15 is 0 Å². The van der Waals surface area contributed by atoms with Gasteiger partial charge in [0.25, 0.3) is 0 Å². The highest BCUT2D eigenvalue weighted by Crippen LogP contribution is 2.28. The van der Waals surface area contributed by atoms with E-state index in [1.807, 2.05) is 13.0 Å². The highest BCUT2D eigenvalue weighted by Gasteiger charge is 2.33.